The van der Waals surface area contributed by atoms with Crippen LogP contribution in [0.3, 0.4) is 0 Å². The van der Waals surface area contributed by atoms with Crippen LogP contribution in [0.25, 0.3) is 0 Å². The Morgan fingerprint density at radius 3 is 2.88 bits per heavy atom. The molecule has 16 heavy (non-hydrogen) atoms. The maximum absolute atomic E-state index is 5.58. The minimum Gasteiger partial charge on any atom is -0.486 e. The smallest absolute Gasteiger partial charge is 0.161 e. The lowest BCUT2D eigenvalue weighted by molar-refractivity contribution is 0.171. The second-order valence-corrected chi connectivity index (χ2v) is 4.48. The van der Waals surface area contributed by atoms with Crippen molar-refractivity contribution in [3.05, 3.63) is 23.8 Å². The van der Waals surface area contributed by atoms with Gasteiger partial charge in [-0.25, -0.2) is 0 Å². The first-order valence-corrected chi connectivity index (χ1v) is 6.04. The van der Waals surface area contributed by atoms with Crippen molar-refractivity contribution in [3.63, 3.8) is 0 Å². The van der Waals surface area contributed by atoms with Crippen molar-refractivity contribution >= 4 is 0 Å². The third-order valence-corrected chi connectivity index (χ3v) is 3.25. The first-order valence-electron chi connectivity index (χ1n) is 6.04. The third kappa shape index (κ3) is 2.00. The summed E-state index contributed by atoms with van der Waals surface area (Å²) in [5.74, 6) is 1.79. The fourth-order valence-electron chi connectivity index (χ4n) is 2.43. The average molecular weight is 219 g/mol. The van der Waals surface area contributed by atoms with Crippen LogP contribution in [0, 0.1) is 0 Å². The molecule has 1 N–H and O–H groups in total. The standard InChI is InChI=1S/C13H17NO2/c1-2-11(14-5-1)8-10-3-4-12-13(9-10)16-7-6-15-12/h3-4,9,11,14H,1-2,5-8H2. The van der Waals surface area contributed by atoms with Crippen LogP contribution in [-0.2, 0) is 6.42 Å². The second kappa shape index (κ2) is 4.34. The van der Waals surface area contributed by atoms with Gasteiger partial charge in [-0.2, -0.15) is 0 Å². The molecule has 2 heterocycles. The Bertz CT molecular complexity index is 372. The Morgan fingerprint density at radius 2 is 2.06 bits per heavy atom. The first-order chi connectivity index (χ1) is 7.92. The normalized spacial score (nSPS) is 23.4. The van der Waals surface area contributed by atoms with Crippen molar-refractivity contribution < 1.29 is 9.47 Å². The van der Waals surface area contributed by atoms with E-state index in [0.29, 0.717) is 19.3 Å². The number of benzene rings is 1. The van der Waals surface area contributed by atoms with E-state index in [1.165, 1.54) is 18.4 Å². The molecule has 1 aromatic rings. The van der Waals surface area contributed by atoms with Gasteiger partial charge in [0.05, 0.1) is 0 Å². The highest BCUT2D eigenvalue weighted by Gasteiger charge is 2.16. The van der Waals surface area contributed by atoms with Crippen molar-refractivity contribution in [2.24, 2.45) is 0 Å². The van der Waals surface area contributed by atoms with E-state index in [9.17, 15) is 0 Å². The topological polar surface area (TPSA) is 30.5 Å². The number of rotatable bonds is 2. The predicted octanol–water partition coefficient (Wildman–Crippen LogP) is 1.75. The molecule has 0 radical (unpaired) electrons. The Balaban J connectivity index is 1.74. The van der Waals surface area contributed by atoms with Gasteiger partial charge in [-0.1, -0.05) is 6.07 Å². The van der Waals surface area contributed by atoms with Gasteiger partial charge in [0, 0.05) is 6.04 Å². The molecule has 0 bridgehead atoms. The van der Waals surface area contributed by atoms with Gasteiger partial charge in [-0.3, -0.25) is 0 Å². The molecule has 0 spiro atoms. The number of hydrogen-bond acceptors (Lipinski definition) is 3. The van der Waals surface area contributed by atoms with Crippen molar-refractivity contribution in [2.75, 3.05) is 19.8 Å². The zero-order chi connectivity index (χ0) is 10.8. The lowest BCUT2D eigenvalue weighted by Gasteiger charge is -2.19. The summed E-state index contributed by atoms with van der Waals surface area (Å²) in [5, 5.41) is 3.51. The fraction of sp³-hybridized carbons (Fsp3) is 0.538. The highest BCUT2D eigenvalue weighted by molar-refractivity contribution is 5.44. The number of hydrogen-bond donors (Lipinski definition) is 1. The minimum atomic E-state index is 0.641. The Hall–Kier alpha value is -1.22. The van der Waals surface area contributed by atoms with Crippen molar-refractivity contribution in [1.82, 2.24) is 5.32 Å². The predicted molar refractivity (Wildman–Crippen MR) is 62.2 cm³/mol. The summed E-state index contributed by atoms with van der Waals surface area (Å²) in [6, 6.07) is 6.93. The molecule has 86 valence electrons. The van der Waals surface area contributed by atoms with Gasteiger partial charge in [-0.15, -0.1) is 0 Å². The van der Waals surface area contributed by atoms with E-state index in [1.54, 1.807) is 0 Å². The second-order valence-electron chi connectivity index (χ2n) is 4.48. The summed E-state index contributed by atoms with van der Waals surface area (Å²) in [6.45, 7) is 2.49. The zero-order valence-electron chi connectivity index (χ0n) is 9.37. The van der Waals surface area contributed by atoms with Gasteiger partial charge < -0.3 is 14.8 Å². The monoisotopic (exact) mass is 219 g/mol. The van der Waals surface area contributed by atoms with Gasteiger partial charge in [0.1, 0.15) is 13.2 Å². The molecule has 0 saturated carbocycles. The van der Waals surface area contributed by atoms with Crippen LogP contribution in [0.4, 0.5) is 0 Å². The van der Waals surface area contributed by atoms with Gasteiger partial charge in [0.25, 0.3) is 0 Å². The highest BCUT2D eigenvalue weighted by Crippen LogP contribution is 2.31. The van der Waals surface area contributed by atoms with Crippen LogP contribution in [-0.4, -0.2) is 25.8 Å². The molecular weight excluding hydrogens is 202 g/mol. The summed E-state index contributed by atoms with van der Waals surface area (Å²) in [7, 11) is 0. The summed E-state index contributed by atoms with van der Waals surface area (Å²) in [5.41, 5.74) is 1.34. The third-order valence-electron chi connectivity index (χ3n) is 3.25. The van der Waals surface area contributed by atoms with Crippen LogP contribution >= 0.6 is 0 Å². The van der Waals surface area contributed by atoms with E-state index >= 15 is 0 Å². The van der Waals surface area contributed by atoms with Crippen molar-refractivity contribution in [1.29, 1.82) is 0 Å². The molecular formula is C13H17NO2. The number of ether oxygens (including phenoxy) is 2. The molecule has 1 unspecified atom stereocenters. The summed E-state index contributed by atoms with van der Waals surface area (Å²) in [6.07, 6.45) is 3.68. The molecule has 3 rings (SSSR count). The van der Waals surface area contributed by atoms with Gasteiger partial charge in [0.15, 0.2) is 11.5 Å². The quantitative estimate of drug-likeness (QED) is 0.822. The lowest BCUT2D eigenvalue weighted by Crippen LogP contribution is -2.23. The van der Waals surface area contributed by atoms with Crippen LogP contribution in [0.5, 0.6) is 11.5 Å². The Labute approximate surface area is 95.8 Å². The molecule has 1 saturated heterocycles. The molecule has 3 heteroatoms. The molecule has 1 aromatic carbocycles. The van der Waals surface area contributed by atoms with E-state index in [0.717, 1.165) is 24.5 Å². The van der Waals surface area contributed by atoms with Crippen LogP contribution < -0.4 is 14.8 Å². The average Bonchev–Trinajstić information content (AvgIpc) is 2.82. The van der Waals surface area contributed by atoms with Crippen LogP contribution in [0.15, 0.2) is 18.2 Å². The first kappa shape index (κ1) is 9.97. The summed E-state index contributed by atoms with van der Waals surface area (Å²) in [4.78, 5) is 0. The molecule has 0 aromatic heterocycles. The van der Waals surface area contributed by atoms with Crippen molar-refractivity contribution in [2.45, 2.75) is 25.3 Å². The molecule has 3 nitrogen and oxygen atoms in total. The molecule has 0 amide bonds. The maximum atomic E-state index is 5.58. The van der Waals surface area contributed by atoms with Crippen LogP contribution in [0.2, 0.25) is 0 Å². The summed E-state index contributed by atoms with van der Waals surface area (Å²) >= 11 is 0. The number of fused-ring (bicyclic) bond motifs is 1. The molecule has 2 aliphatic heterocycles. The Morgan fingerprint density at radius 1 is 1.19 bits per heavy atom. The number of nitrogens with one attached hydrogen (secondary N) is 1. The van der Waals surface area contributed by atoms with Crippen LogP contribution in [0.1, 0.15) is 18.4 Å². The summed E-state index contributed by atoms with van der Waals surface area (Å²) < 4.78 is 11.1. The SMILES string of the molecule is c1cc2c(cc1CC1CCCN1)OCCO2. The van der Waals surface area contributed by atoms with E-state index in [-0.39, 0.29) is 0 Å². The molecule has 2 aliphatic rings. The molecule has 1 fully saturated rings. The maximum Gasteiger partial charge on any atom is 0.161 e. The van der Waals surface area contributed by atoms with Gasteiger partial charge in [-0.05, 0) is 43.5 Å². The minimum absolute atomic E-state index is 0.641. The van der Waals surface area contributed by atoms with Gasteiger partial charge >= 0.3 is 0 Å². The highest BCUT2D eigenvalue weighted by atomic mass is 16.6. The van der Waals surface area contributed by atoms with E-state index in [4.69, 9.17) is 9.47 Å². The fourth-order valence-corrected chi connectivity index (χ4v) is 2.43. The largest absolute Gasteiger partial charge is 0.486 e. The Kier molecular flexibility index (Phi) is 2.70. The lowest BCUT2D eigenvalue weighted by atomic mass is 10.0. The molecule has 1 atom stereocenters. The van der Waals surface area contributed by atoms with E-state index < -0.39 is 0 Å². The molecule has 0 aliphatic carbocycles. The van der Waals surface area contributed by atoms with Crippen molar-refractivity contribution in [3.8, 4) is 11.5 Å². The van der Waals surface area contributed by atoms with E-state index in [1.807, 2.05) is 6.07 Å². The van der Waals surface area contributed by atoms with Gasteiger partial charge in [0.2, 0.25) is 0 Å². The zero-order valence-corrected chi connectivity index (χ0v) is 9.37. The van der Waals surface area contributed by atoms with E-state index in [2.05, 4.69) is 17.4 Å².